The van der Waals surface area contributed by atoms with Crippen LogP contribution < -0.4 is 16.1 Å². The van der Waals surface area contributed by atoms with Gasteiger partial charge in [-0.3, -0.25) is 0 Å². The topological polar surface area (TPSA) is 107 Å². The molecule has 0 spiro atoms. The number of hydrogen-bond donors (Lipinski definition) is 4. The number of para-hydroxylation sites is 1. The van der Waals surface area contributed by atoms with Crippen LogP contribution in [0.1, 0.15) is 5.56 Å². The molecule has 0 atom stereocenters. The SMILES string of the molecule is CNc1nc(N/N=C\c2cc(Cl)cc(Cl)c2O)nc(Nc2ccccc2)n1. The lowest BCUT2D eigenvalue weighted by atomic mass is 10.2. The zero-order valence-corrected chi connectivity index (χ0v) is 15.6. The van der Waals surface area contributed by atoms with Gasteiger partial charge in [0.2, 0.25) is 17.8 Å². The van der Waals surface area contributed by atoms with Crippen molar-refractivity contribution >= 4 is 52.9 Å². The Hall–Kier alpha value is -3.10. The van der Waals surface area contributed by atoms with Crippen molar-refractivity contribution in [2.24, 2.45) is 5.10 Å². The fourth-order valence-electron chi connectivity index (χ4n) is 2.09. The number of aromatic hydroxyl groups is 1. The summed E-state index contributed by atoms with van der Waals surface area (Å²) < 4.78 is 0. The molecule has 0 aliphatic rings. The molecule has 2 aromatic carbocycles. The Kier molecular flexibility index (Phi) is 5.90. The summed E-state index contributed by atoms with van der Waals surface area (Å²) in [6.07, 6.45) is 1.36. The van der Waals surface area contributed by atoms with E-state index in [1.807, 2.05) is 30.3 Å². The predicted molar refractivity (Wildman–Crippen MR) is 108 cm³/mol. The van der Waals surface area contributed by atoms with Gasteiger partial charge in [-0.05, 0) is 24.3 Å². The highest BCUT2D eigenvalue weighted by molar-refractivity contribution is 6.36. The van der Waals surface area contributed by atoms with Gasteiger partial charge in [0.05, 0.1) is 11.2 Å². The van der Waals surface area contributed by atoms with Crippen LogP contribution in [0.5, 0.6) is 5.75 Å². The molecule has 4 N–H and O–H groups in total. The molecule has 0 saturated heterocycles. The van der Waals surface area contributed by atoms with E-state index in [1.54, 1.807) is 7.05 Å². The quantitative estimate of drug-likeness (QED) is 0.362. The van der Waals surface area contributed by atoms with Gasteiger partial charge >= 0.3 is 0 Å². The molecule has 0 radical (unpaired) electrons. The molecule has 0 amide bonds. The largest absolute Gasteiger partial charge is 0.506 e. The van der Waals surface area contributed by atoms with Crippen LogP contribution in [0, 0.1) is 0 Å². The zero-order valence-electron chi connectivity index (χ0n) is 14.1. The van der Waals surface area contributed by atoms with Gasteiger partial charge in [-0.25, -0.2) is 5.43 Å². The molecule has 0 fully saturated rings. The third kappa shape index (κ3) is 4.96. The molecular weight excluding hydrogens is 389 g/mol. The second kappa shape index (κ2) is 8.52. The summed E-state index contributed by atoms with van der Waals surface area (Å²) in [6.45, 7) is 0. The van der Waals surface area contributed by atoms with Crippen LogP contribution in [0.4, 0.5) is 23.5 Å². The highest BCUT2D eigenvalue weighted by Gasteiger charge is 2.07. The lowest BCUT2D eigenvalue weighted by Gasteiger charge is -2.08. The van der Waals surface area contributed by atoms with E-state index in [-0.39, 0.29) is 16.7 Å². The third-order valence-electron chi connectivity index (χ3n) is 3.31. The van der Waals surface area contributed by atoms with Crippen molar-refractivity contribution in [1.29, 1.82) is 0 Å². The number of anilines is 4. The Morgan fingerprint density at radius 2 is 1.70 bits per heavy atom. The molecule has 3 rings (SSSR count). The van der Waals surface area contributed by atoms with Crippen LogP contribution in [-0.2, 0) is 0 Å². The summed E-state index contributed by atoms with van der Waals surface area (Å²) in [5, 5.41) is 20.4. The van der Waals surface area contributed by atoms with E-state index >= 15 is 0 Å². The van der Waals surface area contributed by atoms with Crippen LogP contribution in [0.15, 0.2) is 47.6 Å². The third-order valence-corrected chi connectivity index (χ3v) is 3.82. The van der Waals surface area contributed by atoms with Gasteiger partial charge in [0.1, 0.15) is 5.75 Å². The molecule has 0 aliphatic carbocycles. The van der Waals surface area contributed by atoms with Gasteiger partial charge in [0.25, 0.3) is 0 Å². The van der Waals surface area contributed by atoms with Gasteiger partial charge in [0, 0.05) is 23.3 Å². The molecule has 3 aromatic rings. The van der Waals surface area contributed by atoms with E-state index in [1.165, 1.54) is 18.3 Å². The van der Waals surface area contributed by atoms with Crippen LogP contribution in [0.3, 0.4) is 0 Å². The molecular formula is C17H15Cl2N7O. The van der Waals surface area contributed by atoms with Crippen LogP contribution in [0.2, 0.25) is 10.0 Å². The number of aromatic nitrogens is 3. The number of phenolic OH excluding ortho intramolecular Hbond substituents is 1. The molecule has 138 valence electrons. The average molecular weight is 404 g/mol. The number of benzene rings is 2. The first-order valence-corrected chi connectivity index (χ1v) is 8.54. The highest BCUT2D eigenvalue weighted by Crippen LogP contribution is 2.30. The predicted octanol–water partition coefficient (Wildman–Crippen LogP) is 4.12. The standard InChI is InChI=1S/C17H15Cl2N7O/c1-20-15-23-16(22-12-5-3-2-4-6-12)25-17(24-15)26-21-9-10-7-11(18)8-13(19)14(10)27/h2-9,27H,1H3,(H3,20,22,23,24,25,26)/b21-9-. The Balaban J connectivity index is 1.79. The van der Waals surface area contributed by atoms with Crippen molar-refractivity contribution in [2.75, 3.05) is 23.1 Å². The zero-order chi connectivity index (χ0) is 19.2. The molecule has 0 aliphatic heterocycles. The average Bonchev–Trinajstić information content (AvgIpc) is 2.66. The molecule has 27 heavy (non-hydrogen) atoms. The number of nitrogens with one attached hydrogen (secondary N) is 3. The van der Waals surface area contributed by atoms with Crippen molar-refractivity contribution in [3.63, 3.8) is 0 Å². The summed E-state index contributed by atoms with van der Waals surface area (Å²) >= 11 is 11.8. The second-order valence-corrected chi connectivity index (χ2v) is 6.09. The lowest BCUT2D eigenvalue weighted by Crippen LogP contribution is -2.07. The molecule has 8 nitrogen and oxygen atoms in total. The molecule has 0 bridgehead atoms. The smallest absolute Gasteiger partial charge is 0.250 e. The number of halogens is 2. The summed E-state index contributed by atoms with van der Waals surface area (Å²) in [4.78, 5) is 12.7. The molecule has 10 heteroatoms. The number of rotatable bonds is 6. The summed E-state index contributed by atoms with van der Waals surface area (Å²) in [5.41, 5.74) is 3.87. The van der Waals surface area contributed by atoms with E-state index in [2.05, 4.69) is 36.1 Å². The minimum Gasteiger partial charge on any atom is -0.506 e. The first kappa shape index (κ1) is 18.7. The molecule has 1 aromatic heterocycles. The maximum absolute atomic E-state index is 9.94. The molecule has 0 unspecified atom stereocenters. The monoisotopic (exact) mass is 403 g/mol. The lowest BCUT2D eigenvalue weighted by molar-refractivity contribution is 0.475. The van der Waals surface area contributed by atoms with E-state index in [0.717, 1.165) is 5.69 Å². The minimum absolute atomic E-state index is 0.121. The van der Waals surface area contributed by atoms with Crippen LogP contribution in [-0.4, -0.2) is 33.3 Å². The Labute approximate surface area is 165 Å². The van der Waals surface area contributed by atoms with E-state index in [0.29, 0.717) is 22.5 Å². The normalized spacial score (nSPS) is 10.8. The van der Waals surface area contributed by atoms with E-state index in [4.69, 9.17) is 23.2 Å². The van der Waals surface area contributed by atoms with Crippen molar-refractivity contribution in [1.82, 2.24) is 15.0 Å². The van der Waals surface area contributed by atoms with Gasteiger partial charge in [-0.1, -0.05) is 41.4 Å². The van der Waals surface area contributed by atoms with Crippen LogP contribution >= 0.6 is 23.2 Å². The van der Waals surface area contributed by atoms with Gasteiger partial charge in [-0.2, -0.15) is 20.1 Å². The summed E-state index contributed by atoms with van der Waals surface area (Å²) in [6, 6.07) is 12.5. The number of nitrogens with zero attached hydrogens (tertiary/aromatic N) is 4. The Bertz CT molecular complexity index is 967. The van der Waals surface area contributed by atoms with Gasteiger partial charge < -0.3 is 15.7 Å². The maximum atomic E-state index is 9.94. The van der Waals surface area contributed by atoms with Crippen molar-refractivity contribution in [3.05, 3.63) is 58.1 Å². The Morgan fingerprint density at radius 1 is 1.00 bits per heavy atom. The number of phenols is 1. The van der Waals surface area contributed by atoms with Crippen LogP contribution in [0.25, 0.3) is 0 Å². The Morgan fingerprint density at radius 3 is 2.44 bits per heavy atom. The molecule has 0 saturated carbocycles. The van der Waals surface area contributed by atoms with E-state index in [9.17, 15) is 5.11 Å². The van der Waals surface area contributed by atoms with Crippen molar-refractivity contribution in [2.45, 2.75) is 0 Å². The highest BCUT2D eigenvalue weighted by atomic mass is 35.5. The fraction of sp³-hybridized carbons (Fsp3) is 0.0588. The second-order valence-electron chi connectivity index (χ2n) is 5.24. The number of hydrogen-bond acceptors (Lipinski definition) is 8. The molecule has 1 heterocycles. The summed E-state index contributed by atoms with van der Waals surface area (Å²) in [5.74, 6) is 0.780. The first-order chi connectivity index (χ1) is 13.0. The fourth-order valence-corrected chi connectivity index (χ4v) is 2.60. The van der Waals surface area contributed by atoms with Crippen molar-refractivity contribution in [3.8, 4) is 5.75 Å². The minimum atomic E-state index is -0.121. The first-order valence-electron chi connectivity index (χ1n) is 7.78. The summed E-state index contributed by atoms with van der Waals surface area (Å²) in [7, 11) is 1.70. The van der Waals surface area contributed by atoms with Crippen molar-refractivity contribution < 1.29 is 5.11 Å². The maximum Gasteiger partial charge on any atom is 0.250 e. The van der Waals surface area contributed by atoms with E-state index < -0.39 is 0 Å². The van der Waals surface area contributed by atoms with Gasteiger partial charge in [0.15, 0.2) is 0 Å². The van der Waals surface area contributed by atoms with Gasteiger partial charge in [-0.15, -0.1) is 0 Å². The number of hydrazone groups is 1.